The number of aromatic nitrogens is 2. The highest BCUT2D eigenvalue weighted by Crippen LogP contribution is 2.39. The van der Waals surface area contributed by atoms with Gasteiger partial charge < -0.3 is 0 Å². The predicted octanol–water partition coefficient (Wildman–Crippen LogP) is 1.30. The third kappa shape index (κ3) is 1.73. The summed E-state index contributed by atoms with van der Waals surface area (Å²) in [6.07, 6.45) is 2.52. The van der Waals surface area contributed by atoms with Crippen LogP contribution in [0.3, 0.4) is 0 Å². The van der Waals surface area contributed by atoms with Crippen LogP contribution >= 0.6 is 11.5 Å². The van der Waals surface area contributed by atoms with Gasteiger partial charge in [0.15, 0.2) is 0 Å². The van der Waals surface area contributed by atoms with Gasteiger partial charge in [-0.1, -0.05) is 0 Å². The highest BCUT2D eigenvalue weighted by Gasteiger charge is 2.27. The summed E-state index contributed by atoms with van der Waals surface area (Å²) in [7, 11) is 3.89. The van der Waals surface area contributed by atoms with E-state index in [-0.39, 0.29) is 0 Å². The average Bonchev–Trinajstić information content (AvgIpc) is 2.73. The van der Waals surface area contributed by atoms with Gasteiger partial charge in [0.25, 0.3) is 0 Å². The van der Waals surface area contributed by atoms with E-state index in [1.54, 1.807) is 0 Å². The molecule has 12 heavy (non-hydrogen) atoms. The van der Waals surface area contributed by atoms with E-state index in [0.29, 0.717) is 5.92 Å². The van der Waals surface area contributed by atoms with Gasteiger partial charge in [-0.3, -0.25) is 5.43 Å². The Morgan fingerprint density at radius 3 is 2.83 bits per heavy atom. The SMILES string of the molecule is CN(C)Nc1nc(C2CC2)ns1. The van der Waals surface area contributed by atoms with Crippen molar-refractivity contribution in [3.8, 4) is 0 Å². The maximum Gasteiger partial charge on any atom is 0.217 e. The number of nitrogens with one attached hydrogen (secondary N) is 1. The maximum atomic E-state index is 4.37. The Morgan fingerprint density at radius 1 is 1.50 bits per heavy atom. The van der Waals surface area contributed by atoms with E-state index in [4.69, 9.17) is 0 Å². The van der Waals surface area contributed by atoms with Crippen LogP contribution in [0.15, 0.2) is 0 Å². The standard InChI is InChI=1S/C7H12N4S/c1-11(2)9-7-8-6(10-12-7)5-3-4-5/h5H,3-4H2,1-2H3,(H,8,9,10). The van der Waals surface area contributed by atoms with Crippen LogP contribution in [0.1, 0.15) is 24.6 Å². The van der Waals surface area contributed by atoms with Crippen LogP contribution in [0.5, 0.6) is 0 Å². The van der Waals surface area contributed by atoms with E-state index >= 15 is 0 Å². The molecule has 0 amide bonds. The molecule has 4 nitrogen and oxygen atoms in total. The van der Waals surface area contributed by atoms with Gasteiger partial charge in [0, 0.05) is 31.5 Å². The fraction of sp³-hybridized carbons (Fsp3) is 0.714. The van der Waals surface area contributed by atoms with Crippen LogP contribution < -0.4 is 5.43 Å². The summed E-state index contributed by atoms with van der Waals surface area (Å²) >= 11 is 1.43. The van der Waals surface area contributed by atoms with Gasteiger partial charge >= 0.3 is 0 Å². The Kier molecular flexibility index (Phi) is 1.98. The van der Waals surface area contributed by atoms with Crippen molar-refractivity contribution in [2.75, 3.05) is 19.5 Å². The first kappa shape index (κ1) is 7.94. The van der Waals surface area contributed by atoms with Crippen LogP contribution in [-0.4, -0.2) is 28.5 Å². The zero-order valence-corrected chi connectivity index (χ0v) is 8.06. The Labute approximate surface area is 75.8 Å². The molecule has 0 bridgehead atoms. The number of nitrogens with zero attached hydrogens (tertiary/aromatic N) is 3. The molecule has 66 valence electrons. The summed E-state index contributed by atoms with van der Waals surface area (Å²) in [4.78, 5) is 4.37. The highest BCUT2D eigenvalue weighted by atomic mass is 32.1. The largest absolute Gasteiger partial charge is 0.294 e. The van der Waals surface area contributed by atoms with Crippen molar-refractivity contribution in [2.24, 2.45) is 0 Å². The van der Waals surface area contributed by atoms with Gasteiger partial charge in [0.1, 0.15) is 5.82 Å². The van der Waals surface area contributed by atoms with E-state index in [1.165, 1.54) is 24.4 Å². The van der Waals surface area contributed by atoms with E-state index in [0.717, 1.165) is 11.0 Å². The number of hydrogen-bond acceptors (Lipinski definition) is 5. The van der Waals surface area contributed by atoms with Crippen molar-refractivity contribution in [2.45, 2.75) is 18.8 Å². The van der Waals surface area contributed by atoms with Gasteiger partial charge in [-0.05, 0) is 12.8 Å². The molecule has 0 aliphatic heterocycles. The maximum absolute atomic E-state index is 4.37. The monoisotopic (exact) mass is 184 g/mol. The molecule has 0 radical (unpaired) electrons. The molecule has 1 aliphatic rings. The first-order chi connectivity index (χ1) is 5.75. The number of hydrogen-bond donors (Lipinski definition) is 1. The Hall–Kier alpha value is -0.680. The van der Waals surface area contributed by atoms with E-state index < -0.39 is 0 Å². The van der Waals surface area contributed by atoms with Gasteiger partial charge in [0.05, 0.1) is 0 Å². The smallest absolute Gasteiger partial charge is 0.217 e. The van der Waals surface area contributed by atoms with Gasteiger partial charge in [-0.2, -0.15) is 4.37 Å². The molecule has 1 fully saturated rings. The van der Waals surface area contributed by atoms with Crippen molar-refractivity contribution >= 4 is 16.7 Å². The highest BCUT2D eigenvalue weighted by molar-refractivity contribution is 7.09. The van der Waals surface area contributed by atoms with Crippen molar-refractivity contribution in [3.05, 3.63) is 5.82 Å². The number of rotatable bonds is 3. The zero-order chi connectivity index (χ0) is 8.55. The summed E-state index contributed by atoms with van der Waals surface area (Å²) in [5.41, 5.74) is 3.09. The van der Waals surface area contributed by atoms with E-state index in [1.807, 2.05) is 19.1 Å². The first-order valence-corrected chi connectivity index (χ1v) is 4.80. The molecule has 1 N–H and O–H groups in total. The quantitative estimate of drug-likeness (QED) is 0.719. The molecule has 0 unspecified atom stereocenters. The molecule has 0 saturated heterocycles. The second-order valence-electron chi connectivity index (χ2n) is 3.24. The van der Waals surface area contributed by atoms with Crippen molar-refractivity contribution in [3.63, 3.8) is 0 Å². The minimum Gasteiger partial charge on any atom is -0.294 e. The van der Waals surface area contributed by atoms with Crippen LogP contribution in [0.25, 0.3) is 0 Å². The molecule has 1 saturated carbocycles. The Bertz CT molecular complexity index is 266. The predicted molar refractivity (Wildman–Crippen MR) is 49.2 cm³/mol. The van der Waals surface area contributed by atoms with Crippen LogP contribution in [0, 0.1) is 0 Å². The number of hydrazine groups is 1. The lowest BCUT2D eigenvalue weighted by molar-refractivity contribution is 0.494. The third-order valence-corrected chi connectivity index (χ3v) is 2.34. The lowest BCUT2D eigenvalue weighted by Crippen LogP contribution is -2.19. The zero-order valence-electron chi connectivity index (χ0n) is 7.24. The second-order valence-corrected chi connectivity index (χ2v) is 3.99. The third-order valence-electron chi connectivity index (χ3n) is 1.70. The van der Waals surface area contributed by atoms with Gasteiger partial charge in [-0.15, -0.1) is 0 Å². The number of anilines is 1. The summed E-state index contributed by atoms with van der Waals surface area (Å²) in [6, 6.07) is 0. The second kappa shape index (κ2) is 2.99. The Morgan fingerprint density at radius 2 is 2.25 bits per heavy atom. The summed E-state index contributed by atoms with van der Waals surface area (Å²) in [5.74, 6) is 1.67. The molecule has 1 aromatic rings. The summed E-state index contributed by atoms with van der Waals surface area (Å²) < 4.78 is 4.27. The molecular formula is C7H12N4S. The molecule has 5 heteroatoms. The topological polar surface area (TPSA) is 41.0 Å². The van der Waals surface area contributed by atoms with Crippen LogP contribution in [-0.2, 0) is 0 Å². The molecule has 0 aromatic carbocycles. The molecule has 1 aliphatic carbocycles. The molecule has 1 heterocycles. The lowest BCUT2D eigenvalue weighted by Gasteiger charge is -2.08. The first-order valence-electron chi connectivity index (χ1n) is 4.03. The molecule has 0 spiro atoms. The molecule has 0 atom stereocenters. The lowest BCUT2D eigenvalue weighted by atomic mass is 10.4. The normalized spacial score (nSPS) is 16.9. The van der Waals surface area contributed by atoms with E-state index in [9.17, 15) is 0 Å². The fourth-order valence-electron chi connectivity index (χ4n) is 0.979. The molecular weight excluding hydrogens is 172 g/mol. The fourth-order valence-corrected chi connectivity index (χ4v) is 1.71. The average molecular weight is 184 g/mol. The Balaban J connectivity index is 2.03. The summed E-state index contributed by atoms with van der Waals surface area (Å²) in [6.45, 7) is 0. The van der Waals surface area contributed by atoms with Gasteiger partial charge in [0.2, 0.25) is 5.13 Å². The van der Waals surface area contributed by atoms with Crippen molar-refractivity contribution < 1.29 is 0 Å². The minimum absolute atomic E-state index is 0.652. The van der Waals surface area contributed by atoms with Crippen molar-refractivity contribution in [1.82, 2.24) is 14.4 Å². The minimum atomic E-state index is 0.652. The molecule has 1 aromatic heterocycles. The summed E-state index contributed by atoms with van der Waals surface area (Å²) in [5, 5.41) is 2.76. The molecule has 2 rings (SSSR count). The van der Waals surface area contributed by atoms with Crippen molar-refractivity contribution in [1.29, 1.82) is 0 Å². The van der Waals surface area contributed by atoms with Crippen LogP contribution in [0.4, 0.5) is 5.13 Å². The van der Waals surface area contributed by atoms with Crippen LogP contribution in [0.2, 0.25) is 0 Å². The van der Waals surface area contributed by atoms with E-state index in [2.05, 4.69) is 14.8 Å². The van der Waals surface area contributed by atoms with Gasteiger partial charge in [-0.25, -0.2) is 9.99 Å².